The third-order valence-corrected chi connectivity index (χ3v) is 4.39. The third kappa shape index (κ3) is 4.38. The number of nitrogens with one attached hydrogen (secondary N) is 1. The summed E-state index contributed by atoms with van der Waals surface area (Å²) in [6.45, 7) is 4.39. The largest absolute Gasteiger partial charge is 0.361 e. The number of amides is 1. The highest BCUT2D eigenvalue weighted by molar-refractivity contribution is 5.92. The molecule has 0 unspecified atom stereocenters. The van der Waals surface area contributed by atoms with Crippen molar-refractivity contribution in [2.75, 3.05) is 20.1 Å². The van der Waals surface area contributed by atoms with Crippen molar-refractivity contribution in [1.82, 2.24) is 25.3 Å². The van der Waals surface area contributed by atoms with Gasteiger partial charge in [-0.2, -0.15) is 0 Å². The summed E-state index contributed by atoms with van der Waals surface area (Å²) in [5.41, 5.74) is 2.03. The zero-order valence-corrected chi connectivity index (χ0v) is 14.2. The average Bonchev–Trinajstić information content (AvgIpc) is 3.03. The van der Waals surface area contributed by atoms with Gasteiger partial charge < -0.3 is 14.7 Å². The molecule has 0 aliphatic carbocycles. The standard InChI is InChI=1S/C17H23N5O2/c1-12-7-16(21-24-12)17(23)20-11-15-10-18-14(9-19-15)8-13-3-5-22(2)6-4-13/h7,9-10,13H,3-6,8,11H2,1-2H3,(H,20,23). The number of hydrogen-bond acceptors (Lipinski definition) is 6. The fourth-order valence-electron chi connectivity index (χ4n) is 2.87. The second-order valence-corrected chi connectivity index (χ2v) is 6.46. The van der Waals surface area contributed by atoms with Gasteiger partial charge in [-0.25, -0.2) is 0 Å². The van der Waals surface area contributed by atoms with E-state index in [1.165, 1.54) is 12.8 Å². The molecule has 1 N–H and O–H groups in total. The molecule has 0 atom stereocenters. The molecule has 0 bridgehead atoms. The molecule has 128 valence electrons. The fraction of sp³-hybridized carbons (Fsp3) is 0.529. The SMILES string of the molecule is Cc1cc(C(=O)NCc2cnc(CC3CCN(C)CC3)cn2)no1. The van der Waals surface area contributed by atoms with Gasteiger partial charge in [0, 0.05) is 12.3 Å². The molecule has 0 radical (unpaired) electrons. The molecular weight excluding hydrogens is 306 g/mol. The lowest BCUT2D eigenvalue weighted by molar-refractivity contribution is 0.0941. The lowest BCUT2D eigenvalue weighted by Gasteiger charge is -2.28. The van der Waals surface area contributed by atoms with Gasteiger partial charge in [0.1, 0.15) is 5.76 Å². The van der Waals surface area contributed by atoms with Gasteiger partial charge in [0.15, 0.2) is 5.69 Å². The Balaban J connectivity index is 1.48. The van der Waals surface area contributed by atoms with Crippen molar-refractivity contribution in [1.29, 1.82) is 0 Å². The summed E-state index contributed by atoms with van der Waals surface area (Å²) in [5.74, 6) is 1.03. The minimum atomic E-state index is -0.274. The molecule has 1 fully saturated rings. The summed E-state index contributed by atoms with van der Waals surface area (Å²) < 4.78 is 4.89. The van der Waals surface area contributed by atoms with Crippen molar-refractivity contribution >= 4 is 5.91 Å². The lowest BCUT2D eigenvalue weighted by Crippen LogP contribution is -2.31. The lowest BCUT2D eigenvalue weighted by atomic mass is 9.92. The maximum absolute atomic E-state index is 11.9. The van der Waals surface area contributed by atoms with Crippen LogP contribution in [0.4, 0.5) is 0 Å². The zero-order valence-electron chi connectivity index (χ0n) is 14.2. The van der Waals surface area contributed by atoms with E-state index in [4.69, 9.17) is 4.52 Å². The quantitative estimate of drug-likeness (QED) is 0.897. The molecule has 0 spiro atoms. The number of likely N-dealkylation sites (tertiary alicyclic amines) is 1. The predicted molar refractivity (Wildman–Crippen MR) is 88.4 cm³/mol. The van der Waals surface area contributed by atoms with Crippen LogP contribution in [0, 0.1) is 12.8 Å². The fourth-order valence-corrected chi connectivity index (χ4v) is 2.87. The second-order valence-electron chi connectivity index (χ2n) is 6.46. The normalized spacial score (nSPS) is 16.2. The van der Waals surface area contributed by atoms with E-state index in [0.717, 1.165) is 30.9 Å². The van der Waals surface area contributed by atoms with Crippen molar-refractivity contribution in [2.24, 2.45) is 5.92 Å². The number of rotatable bonds is 5. The predicted octanol–water partition coefficient (Wildman–Crippen LogP) is 1.59. The van der Waals surface area contributed by atoms with Crippen molar-refractivity contribution in [3.63, 3.8) is 0 Å². The first-order chi connectivity index (χ1) is 11.6. The Morgan fingerprint density at radius 3 is 2.62 bits per heavy atom. The molecule has 0 saturated carbocycles. The Morgan fingerprint density at radius 2 is 2.00 bits per heavy atom. The summed E-state index contributed by atoms with van der Waals surface area (Å²) in [6, 6.07) is 1.60. The van der Waals surface area contributed by atoms with Gasteiger partial charge >= 0.3 is 0 Å². The smallest absolute Gasteiger partial charge is 0.273 e. The summed E-state index contributed by atoms with van der Waals surface area (Å²) in [5, 5.41) is 6.45. The van der Waals surface area contributed by atoms with Crippen molar-refractivity contribution in [3.8, 4) is 0 Å². The molecular formula is C17H23N5O2. The van der Waals surface area contributed by atoms with Crippen LogP contribution in [0.1, 0.15) is 40.5 Å². The molecule has 24 heavy (non-hydrogen) atoms. The summed E-state index contributed by atoms with van der Waals surface area (Å²) in [6.07, 6.45) is 6.96. The van der Waals surface area contributed by atoms with E-state index in [9.17, 15) is 4.79 Å². The first-order valence-corrected chi connectivity index (χ1v) is 8.30. The van der Waals surface area contributed by atoms with Gasteiger partial charge in [-0.3, -0.25) is 14.8 Å². The average molecular weight is 329 g/mol. The maximum Gasteiger partial charge on any atom is 0.273 e. The van der Waals surface area contributed by atoms with E-state index < -0.39 is 0 Å². The van der Waals surface area contributed by atoms with Crippen LogP contribution in [0.2, 0.25) is 0 Å². The van der Waals surface area contributed by atoms with Crippen molar-refractivity contribution in [2.45, 2.75) is 32.7 Å². The number of piperidine rings is 1. The highest BCUT2D eigenvalue weighted by atomic mass is 16.5. The van der Waals surface area contributed by atoms with Crippen molar-refractivity contribution < 1.29 is 9.32 Å². The minimum Gasteiger partial charge on any atom is -0.361 e. The van der Waals surface area contributed by atoms with Crippen LogP contribution in [0.5, 0.6) is 0 Å². The molecule has 7 heteroatoms. The first-order valence-electron chi connectivity index (χ1n) is 8.30. The number of carbonyl (C=O) groups excluding carboxylic acids is 1. The molecule has 3 heterocycles. The van der Waals surface area contributed by atoms with Crippen LogP contribution in [0.3, 0.4) is 0 Å². The van der Waals surface area contributed by atoms with Crippen LogP contribution in [0.25, 0.3) is 0 Å². The first kappa shape index (κ1) is 16.6. The Morgan fingerprint density at radius 1 is 1.29 bits per heavy atom. The number of carbonyl (C=O) groups is 1. The summed E-state index contributed by atoms with van der Waals surface area (Å²) in [4.78, 5) is 23.2. The maximum atomic E-state index is 11.9. The van der Waals surface area contributed by atoms with Crippen LogP contribution < -0.4 is 5.32 Å². The van der Waals surface area contributed by atoms with Crippen LogP contribution in [-0.2, 0) is 13.0 Å². The van der Waals surface area contributed by atoms with Crippen LogP contribution in [-0.4, -0.2) is 46.1 Å². The minimum absolute atomic E-state index is 0.274. The van der Waals surface area contributed by atoms with Crippen LogP contribution in [0.15, 0.2) is 23.0 Å². The second kappa shape index (κ2) is 7.53. The van der Waals surface area contributed by atoms with Gasteiger partial charge in [-0.1, -0.05) is 5.16 Å². The molecule has 3 rings (SSSR count). The highest BCUT2D eigenvalue weighted by Crippen LogP contribution is 2.19. The Hall–Kier alpha value is -2.28. The molecule has 2 aromatic rings. The van der Waals surface area contributed by atoms with E-state index in [-0.39, 0.29) is 11.6 Å². The number of hydrogen-bond donors (Lipinski definition) is 1. The number of aromatic nitrogens is 3. The van der Waals surface area contributed by atoms with E-state index >= 15 is 0 Å². The monoisotopic (exact) mass is 329 g/mol. The number of nitrogens with zero attached hydrogens (tertiary/aromatic N) is 4. The van der Waals surface area contributed by atoms with Crippen LogP contribution >= 0.6 is 0 Å². The molecule has 7 nitrogen and oxygen atoms in total. The van der Waals surface area contributed by atoms with E-state index in [1.807, 2.05) is 6.20 Å². The van der Waals surface area contributed by atoms with Gasteiger partial charge in [0.05, 0.1) is 24.1 Å². The van der Waals surface area contributed by atoms with E-state index in [2.05, 4.69) is 32.4 Å². The summed E-state index contributed by atoms with van der Waals surface area (Å²) >= 11 is 0. The van der Waals surface area contributed by atoms with Gasteiger partial charge in [-0.15, -0.1) is 0 Å². The zero-order chi connectivity index (χ0) is 16.9. The number of aryl methyl sites for hydroxylation is 1. The Kier molecular flexibility index (Phi) is 5.20. The van der Waals surface area contributed by atoms with E-state index in [0.29, 0.717) is 18.2 Å². The van der Waals surface area contributed by atoms with Gasteiger partial charge in [0.25, 0.3) is 5.91 Å². The van der Waals surface area contributed by atoms with Gasteiger partial charge in [0.2, 0.25) is 0 Å². The summed E-state index contributed by atoms with van der Waals surface area (Å²) in [7, 11) is 2.17. The Bertz CT molecular complexity index is 675. The third-order valence-electron chi connectivity index (χ3n) is 4.39. The molecule has 1 saturated heterocycles. The molecule has 1 aliphatic rings. The van der Waals surface area contributed by atoms with Crippen molar-refractivity contribution in [3.05, 3.63) is 41.3 Å². The Labute approximate surface area is 141 Å². The van der Waals surface area contributed by atoms with E-state index in [1.54, 1.807) is 19.2 Å². The molecule has 0 aromatic carbocycles. The topological polar surface area (TPSA) is 84.2 Å². The highest BCUT2D eigenvalue weighted by Gasteiger charge is 2.17. The molecule has 1 aliphatic heterocycles. The van der Waals surface area contributed by atoms with Gasteiger partial charge in [-0.05, 0) is 52.2 Å². The molecule has 2 aromatic heterocycles. The molecule has 1 amide bonds.